The number of hydrogen-bond acceptors (Lipinski definition) is 4. The van der Waals surface area contributed by atoms with Gasteiger partial charge in [-0.15, -0.1) is 0 Å². The van der Waals surface area contributed by atoms with Crippen molar-refractivity contribution in [2.24, 2.45) is 0 Å². The van der Waals surface area contributed by atoms with Crippen molar-refractivity contribution >= 4 is 15.8 Å². The maximum atomic E-state index is 11.4. The number of nitrogens with two attached hydrogens (primary N) is 1. The topological polar surface area (TPSA) is 69.4 Å². The van der Waals surface area contributed by atoms with Crippen LogP contribution in [-0.4, -0.2) is 8.42 Å². The van der Waals surface area contributed by atoms with E-state index >= 15 is 0 Å². The highest BCUT2D eigenvalue weighted by Gasteiger charge is 2.12. The summed E-state index contributed by atoms with van der Waals surface area (Å²) in [7, 11) is -3.68. The molecule has 0 saturated carbocycles. The molecule has 0 atom stereocenters. The van der Waals surface area contributed by atoms with E-state index in [1.54, 1.807) is 6.92 Å². The second-order valence-corrected chi connectivity index (χ2v) is 4.16. The Morgan fingerprint density at radius 2 is 1.86 bits per heavy atom. The minimum Gasteiger partial charge on any atom is -0.399 e. The number of rotatable bonds is 3. The summed E-state index contributed by atoms with van der Waals surface area (Å²) in [6.45, 7) is 1.67. The summed E-state index contributed by atoms with van der Waals surface area (Å²) in [6.07, 6.45) is 2.61. The highest BCUT2D eigenvalue weighted by Crippen LogP contribution is 2.14. The molecule has 5 heteroatoms. The molecule has 0 aliphatic carbocycles. The van der Waals surface area contributed by atoms with E-state index in [2.05, 4.69) is 4.18 Å². The number of hydrogen-bond donors (Lipinski definition) is 1. The Labute approximate surface area is 83.1 Å². The molecule has 0 saturated heterocycles. The van der Waals surface area contributed by atoms with Crippen molar-refractivity contribution < 1.29 is 12.6 Å². The predicted octanol–water partition coefficient (Wildman–Crippen LogP) is 1.51. The van der Waals surface area contributed by atoms with Gasteiger partial charge in [0.15, 0.2) is 0 Å². The summed E-state index contributed by atoms with van der Waals surface area (Å²) in [5.41, 5.74) is 5.93. The van der Waals surface area contributed by atoms with Crippen LogP contribution in [0.3, 0.4) is 0 Å². The Bertz CT molecular complexity index is 420. The first-order valence-corrected chi connectivity index (χ1v) is 5.37. The van der Waals surface area contributed by atoms with Crippen molar-refractivity contribution in [3.8, 4) is 0 Å². The fourth-order valence-electron chi connectivity index (χ4n) is 0.819. The molecule has 14 heavy (non-hydrogen) atoms. The second-order valence-electron chi connectivity index (χ2n) is 2.59. The van der Waals surface area contributed by atoms with Gasteiger partial charge in [0.2, 0.25) is 0 Å². The Morgan fingerprint density at radius 3 is 2.36 bits per heavy atom. The van der Waals surface area contributed by atoms with Crippen molar-refractivity contribution in [1.82, 2.24) is 0 Å². The van der Waals surface area contributed by atoms with Crippen LogP contribution in [-0.2, 0) is 14.3 Å². The zero-order chi connectivity index (χ0) is 10.6. The van der Waals surface area contributed by atoms with Crippen LogP contribution >= 0.6 is 0 Å². The SMILES string of the molecule is C/C=C/OS(=O)(=O)c1ccc(N)cc1. The number of benzene rings is 1. The average Bonchev–Trinajstić information content (AvgIpc) is 2.16. The van der Waals surface area contributed by atoms with E-state index in [9.17, 15) is 8.42 Å². The highest BCUT2D eigenvalue weighted by molar-refractivity contribution is 7.86. The molecule has 0 aromatic heterocycles. The van der Waals surface area contributed by atoms with Crippen LogP contribution in [0.1, 0.15) is 6.92 Å². The average molecular weight is 213 g/mol. The molecular weight excluding hydrogens is 202 g/mol. The van der Waals surface area contributed by atoms with Gasteiger partial charge in [0.25, 0.3) is 0 Å². The number of nitrogen functional groups attached to an aromatic ring is 1. The molecule has 1 rings (SSSR count). The van der Waals surface area contributed by atoms with E-state index in [1.807, 2.05) is 0 Å². The van der Waals surface area contributed by atoms with E-state index < -0.39 is 10.1 Å². The standard InChI is InChI=1S/C9H11NO3S/c1-2-7-13-14(11,12)9-5-3-8(10)4-6-9/h2-7H,10H2,1H3/b7-2+. The molecule has 1 aromatic carbocycles. The highest BCUT2D eigenvalue weighted by atomic mass is 32.2. The smallest absolute Gasteiger partial charge is 0.338 e. The van der Waals surface area contributed by atoms with E-state index in [0.29, 0.717) is 5.69 Å². The van der Waals surface area contributed by atoms with Crippen LogP contribution in [0.5, 0.6) is 0 Å². The Balaban J connectivity index is 2.99. The lowest BCUT2D eigenvalue weighted by Crippen LogP contribution is -2.02. The molecule has 0 aliphatic rings. The van der Waals surface area contributed by atoms with Crippen molar-refractivity contribution in [3.05, 3.63) is 36.6 Å². The molecule has 76 valence electrons. The minimum atomic E-state index is -3.68. The quantitative estimate of drug-likeness (QED) is 0.469. The second kappa shape index (κ2) is 4.15. The molecule has 0 heterocycles. The van der Waals surface area contributed by atoms with Gasteiger partial charge in [-0.25, -0.2) is 0 Å². The number of allylic oxidation sites excluding steroid dienone is 1. The van der Waals surface area contributed by atoms with Crippen LogP contribution in [0.25, 0.3) is 0 Å². The zero-order valence-electron chi connectivity index (χ0n) is 7.67. The molecule has 0 fully saturated rings. The van der Waals surface area contributed by atoms with E-state index in [-0.39, 0.29) is 4.90 Å². The summed E-state index contributed by atoms with van der Waals surface area (Å²) in [5, 5.41) is 0. The van der Waals surface area contributed by atoms with Crippen LogP contribution in [0.15, 0.2) is 41.5 Å². The van der Waals surface area contributed by atoms with Gasteiger partial charge in [-0.1, -0.05) is 6.08 Å². The van der Waals surface area contributed by atoms with Crippen LogP contribution in [0, 0.1) is 0 Å². The molecule has 0 radical (unpaired) electrons. The maximum absolute atomic E-state index is 11.4. The molecule has 1 aromatic rings. The molecule has 0 spiro atoms. The Morgan fingerprint density at radius 1 is 1.29 bits per heavy atom. The van der Waals surface area contributed by atoms with Gasteiger partial charge in [0.1, 0.15) is 11.2 Å². The minimum absolute atomic E-state index is 0.0878. The third kappa shape index (κ3) is 2.50. The van der Waals surface area contributed by atoms with E-state index in [0.717, 1.165) is 6.26 Å². The van der Waals surface area contributed by atoms with Gasteiger partial charge in [-0.3, -0.25) is 0 Å². The molecular formula is C9H11NO3S. The van der Waals surface area contributed by atoms with Crippen LogP contribution in [0.2, 0.25) is 0 Å². The van der Waals surface area contributed by atoms with E-state index in [4.69, 9.17) is 5.73 Å². The lowest BCUT2D eigenvalue weighted by Gasteiger charge is -2.02. The summed E-state index contributed by atoms with van der Waals surface area (Å²) >= 11 is 0. The van der Waals surface area contributed by atoms with Gasteiger partial charge in [0.05, 0.1) is 0 Å². The Kier molecular flexibility index (Phi) is 3.14. The first kappa shape index (κ1) is 10.6. The molecule has 0 amide bonds. The number of anilines is 1. The summed E-state index contributed by atoms with van der Waals surface area (Å²) in [5.74, 6) is 0. The van der Waals surface area contributed by atoms with Crippen molar-refractivity contribution in [2.45, 2.75) is 11.8 Å². The van der Waals surface area contributed by atoms with E-state index in [1.165, 1.54) is 30.3 Å². The molecule has 4 nitrogen and oxygen atoms in total. The van der Waals surface area contributed by atoms with Crippen LogP contribution in [0.4, 0.5) is 5.69 Å². The first-order chi connectivity index (χ1) is 6.56. The first-order valence-electron chi connectivity index (χ1n) is 3.96. The van der Waals surface area contributed by atoms with Crippen molar-refractivity contribution in [2.75, 3.05) is 5.73 Å². The van der Waals surface area contributed by atoms with Crippen LogP contribution < -0.4 is 5.73 Å². The summed E-state index contributed by atoms with van der Waals surface area (Å²) in [6, 6.07) is 5.81. The lowest BCUT2D eigenvalue weighted by atomic mass is 10.3. The molecule has 0 bridgehead atoms. The van der Waals surface area contributed by atoms with Gasteiger partial charge >= 0.3 is 10.1 Å². The maximum Gasteiger partial charge on any atom is 0.338 e. The molecule has 0 unspecified atom stereocenters. The van der Waals surface area contributed by atoms with Crippen molar-refractivity contribution in [1.29, 1.82) is 0 Å². The van der Waals surface area contributed by atoms with Gasteiger partial charge in [-0.2, -0.15) is 8.42 Å². The summed E-state index contributed by atoms with van der Waals surface area (Å²) < 4.78 is 27.3. The molecule has 0 aliphatic heterocycles. The fourth-order valence-corrected chi connectivity index (χ4v) is 1.66. The monoisotopic (exact) mass is 213 g/mol. The Hall–Kier alpha value is -1.49. The summed E-state index contributed by atoms with van der Waals surface area (Å²) in [4.78, 5) is 0.0878. The van der Waals surface area contributed by atoms with Gasteiger partial charge in [0, 0.05) is 5.69 Å². The fraction of sp³-hybridized carbons (Fsp3) is 0.111. The molecule has 2 N–H and O–H groups in total. The van der Waals surface area contributed by atoms with Crippen molar-refractivity contribution in [3.63, 3.8) is 0 Å². The van der Waals surface area contributed by atoms with Gasteiger partial charge < -0.3 is 9.92 Å². The lowest BCUT2D eigenvalue weighted by molar-refractivity contribution is 0.443. The normalized spacial score (nSPS) is 11.8. The predicted molar refractivity (Wildman–Crippen MR) is 53.9 cm³/mol. The third-order valence-corrected chi connectivity index (χ3v) is 2.70. The zero-order valence-corrected chi connectivity index (χ0v) is 8.49. The largest absolute Gasteiger partial charge is 0.399 e. The third-order valence-electron chi connectivity index (χ3n) is 1.49. The van der Waals surface area contributed by atoms with Gasteiger partial charge in [-0.05, 0) is 31.2 Å².